The number of ether oxygens (including phenoxy) is 2. The summed E-state index contributed by atoms with van der Waals surface area (Å²) < 4.78 is 16.3. The van der Waals surface area contributed by atoms with E-state index in [4.69, 9.17) is 18.9 Å². The van der Waals surface area contributed by atoms with E-state index in [0.29, 0.717) is 5.92 Å². The Bertz CT molecular complexity index is 701. The van der Waals surface area contributed by atoms with Crippen molar-refractivity contribution in [3.63, 3.8) is 0 Å². The molecule has 0 amide bonds. The lowest BCUT2D eigenvalue weighted by Gasteiger charge is -2.14. The number of rotatable bonds is 9. The predicted molar refractivity (Wildman–Crippen MR) is 122 cm³/mol. The third-order valence-electron chi connectivity index (χ3n) is 4.65. The number of nitrogens with zero attached hydrogens (tertiary/aromatic N) is 1. The highest BCUT2D eigenvalue weighted by atomic mass is 127. The van der Waals surface area contributed by atoms with Crippen LogP contribution in [0, 0.1) is 5.92 Å². The molecule has 2 heterocycles. The van der Waals surface area contributed by atoms with Crippen molar-refractivity contribution < 1.29 is 13.9 Å². The molecule has 0 bridgehead atoms. The Hall–Kier alpha value is -1.74. The summed E-state index contributed by atoms with van der Waals surface area (Å²) in [5, 5.41) is 6.84. The van der Waals surface area contributed by atoms with Gasteiger partial charge in [0.1, 0.15) is 11.5 Å². The van der Waals surface area contributed by atoms with E-state index in [1.54, 1.807) is 13.4 Å². The molecule has 0 spiro atoms. The number of nitrogens with one attached hydrogen (secondary N) is 2. The van der Waals surface area contributed by atoms with Gasteiger partial charge in [0.2, 0.25) is 0 Å². The summed E-state index contributed by atoms with van der Waals surface area (Å²) in [7, 11) is 1.71. The number of methoxy groups -OCH3 is 1. The first-order valence-electron chi connectivity index (χ1n) is 9.59. The van der Waals surface area contributed by atoms with Gasteiger partial charge in [0.25, 0.3) is 0 Å². The minimum absolute atomic E-state index is 0. The molecule has 1 aliphatic heterocycles. The second-order valence-corrected chi connectivity index (χ2v) is 6.66. The van der Waals surface area contributed by atoms with Crippen LogP contribution in [0.4, 0.5) is 0 Å². The Labute approximate surface area is 184 Å². The molecule has 1 aromatic heterocycles. The number of para-hydroxylation sites is 1. The second kappa shape index (κ2) is 12.7. The van der Waals surface area contributed by atoms with Crippen molar-refractivity contribution in [1.29, 1.82) is 0 Å². The molecule has 1 saturated heterocycles. The fourth-order valence-electron chi connectivity index (χ4n) is 3.11. The zero-order valence-corrected chi connectivity index (χ0v) is 18.7. The van der Waals surface area contributed by atoms with Crippen LogP contribution >= 0.6 is 24.0 Å². The normalized spacial score (nSPS) is 16.5. The summed E-state index contributed by atoms with van der Waals surface area (Å²) in [5.74, 6) is 3.25. The summed E-state index contributed by atoms with van der Waals surface area (Å²) in [5.41, 5.74) is 1.19. The summed E-state index contributed by atoms with van der Waals surface area (Å²) >= 11 is 0. The summed E-state index contributed by atoms with van der Waals surface area (Å²) in [6.07, 6.45) is 4.49. The summed E-state index contributed by atoms with van der Waals surface area (Å²) in [6.45, 7) is 4.00. The van der Waals surface area contributed by atoms with Crippen LogP contribution in [0.15, 0.2) is 52.1 Å². The van der Waals surface area contributed by atoms with Crippen molar-refractivity contribution in [3.05, 3.63) is 54.0 Å². The molecule has 1 unspecified atom stereocenters. The molecule has 0 aliphatic carbocycles. The largest absolute Gasteiger partial charge is 0.496 e. The molecule has 1 aliphatic rings. The van der Waals surface area contributed by atoms with Gasteiger partial charge in [0.15, 0.2) is 5.96 Å². The Morgan fingerprint density at radius 1 is 1.14 bits per heavy atom. The lowest BCUT2D eigenvalue weighted by atomic mass is 10.1. The van der Waals surface area contributed by atoms with E-state index in [0.717, 1.165) is 69.6 Å². The van der Waals surface area contributed by atoms with Gasteiger partial charge in [-0.3, -0.25) is 4.99 Å². The van der Waals surface area contributed by atoms with Gasteiger partial charge in [0, 0.05) is 38.6 Å². The van der Waals surface area contributed by atoms with Gasteiger partial charge < -0.3 is 24.5 Å². The maximum Gasteiger partial charge on any atom is 0.191 e. The number of hydrogen-bond donors (Lipinski definition) is 2. The van der Waals surface area contributed by atoms with E-state index in [9.17, 15) is 0 Å². The first-order valence-corrected chi connectivity index (χ1v) is 9.59. The van der Waals surface area contributed by atoms with Gasteiger partial charge in [-0.2, -0.15) is 0 Å². The number of furan rings is 1. The highest BCUT2D eigenvalue weighted by Gasteiger charge is 2.15. The van der Waals surface area contributed by atoms with Crippen LogP contribution in [-0.2, 0) is 17.6 Å². The van der Waals surface area contributed by atoms with Crippen LogP contribution in [-0.4, -0.2) is 45.9 Å². The van der Waals surface area contributed by atoms with E-state index in [2.05, 4.69) is 16.7 Å². The molecule has 3 rings (SSSR count). The van der Waals surface area contributed by atoms with Crippen LogP contribution in [0.1, 0.15) is 17.7 Å². The van der Waals surface area contributed by atoms with Crippen LogP contribution in [0.5, 0.6) is 5.75 Å². The lowest BCUT2D eigenvalue weighted by molar-refractivity contribution is 0.187. The third-order valence-corrected chi connectivity index (χ3v) is 4.65. The van der Waals surface area contributed by atoms with Gasteiger partial charge in [0.05, 0.1) is 20.0 Å². The van der Waals surface area contributed by atoms with E-state index < -0.39 is 0 Å². The van der Waals surface area contributed by atoms with Crippen LogP contribution < -0.4 is 15.4 Å². The minimum atomic E-state index is 0. The number of hydrogen-bond acceptors (Lipinski definition) is 4. The van der Waals surface area contributed by atoms with E-state index in [1.165, 1.54) is 5.56 Å². The molecule has 1 fully saturated rings. The smallest absolute Gasteiger partial charge is 0.191 e. The van der Waals surface area contributed by atoms with E-state index >= 15 is 0 Å². The Kier molecular flexibility index (Phi) is 10.2. The molecule has 0 radical (unpaired) electrons. The topological polar surface area (TPSA) is 68.0 Å². The molecule has 2 N–H and O–H groups in total. The van der Waals surface area contributed by atoms with Crippen molar-refractivity contribution in [3.8, 4) is 5.75 Å². The maximum absolute atomic E-state index is 5.45. The molecule has 28 heavy (non-hydrogen) atoms. The molecular weight excluding hydrogens is 469 g/mol. The van der Waals surface area contributed by atoms with Crippen molar-refractivity contribution >= 4 is 29.9 Å². The predicted octanol–water partition coefficient (Wildman–Crippen LogP) is 3.26. The van der Waals surface area contributed by atoms with Gasteiger partial charge in [-0.25, -0.2) is 0 Å². The standard InChI is InChI=1S/C21H29N3O3.HI/c1-25-20-7-3-2-5-18(20)8-11-22-21(24-15-17-10-14-26-16-17)23-12-9-19-6-4-13-27-19;/h2-7,13,17H,8-12,14-16H2,1H3,(H2,22,23,24);1H. The average Bonchev–Trinajstić information content (AvgIpc) is 3.40. The zero-order valence-electron chi connectivity index (χ0n) is 16.4. The van der Waals surface area contributed by atoms with E-state index in [-0.39, 0.29) is 24.0 Å². The SMILES string of the molecule is COc1ccccc1CCNC(=NCC1CCOC1)NCCc1ccco1.I. The molecule has 1 atom stereocenters. The maximum atomic E-state index is 5.45. The molecule has 6 nitrogen and oxygen atoms in total. The molecule has 2 aromatic rings. The number of halogens is 1. The molecule has 1 aromatic carbocycles. The molecule has 7 heteroatoms. The first kappa shape index (κ1) is 22.5. The molecular formula is C21H30IN3O3. The van der Waals surface area contributed by atoms with Crippen molar-refractivity contribution in [1.82, 2.24) is 10.6 Å². The van der Waals surface area contributed by atoms with Gasteiger partial charge in [-0.05, 0) is 36.6 Å². The molecule has 154 valence electrons. The molecule has 0 saturated carbocycles. The van der Waals surface area contributed by atoms with Crippen molar-refractivity contribution in [2.24, 2.45) is 10.9 Å². The highest BCUT2D eigenvalue weighted by Crippen LogP contribution is 2.17. The zero-order chi connectivity index (χ0) is 18.7. The van der Waals surface area contributed by atoms with Crippen LogP contribution in [0.2, 0.25) is 0 Å². The van der Waals surface area contributed by atoms with E-state index in [1.807, 2.05) is 30.3 Å². The van der Waals surface area contributed by atoms with Crippen LogP contribution in [0.3, 0.4) is 0 Å². The second-order valence-electron chi connectivity index (χ2n) is 6.66. The van der Waals surface area contributed by atoms with Crippen molar-refractivity contribution in [2.75, 3.05) is 40.0 Å². The number of guanidine groups is 1. The fraction of sp³-hybridized carbons (Fsp3) is 0.476. The fourth-order valence-corrected chi connectivity index (χ4v) is 3.11. The van der Waals surface area contributed by atoms with Gasteiger partial charge >= 0.3 is 0 Å². The Balaban J connectivity index is 0.00000280. The third kappa shape index (κ3) is 7.35. The Morgan fingerprint density at radius 2 is 1.96 bits per heavy atom. The highest BCUT2D eigenvalue weighted by molar-refractivity contribution is 14.0. The van der Waals surface area contributed by atoms with Crippen molar-refractivity contribution in [2.45, 2.75) is 19.3 Å². The van der Waals surface area contributed by atoms with Gasteiger partial charge in [-0.15, -0.1) is 24.0 Å². The monoisotopic (exact) mass is 499 g/mol. The van der Waals surface area contributed by atoms with Gasteiger partial charge in [-0.1, -0.05) is 18.2 Å². The number of aliphatic imine (C=N–C) groups is 1. The Morgan fingerprint density at radius 3 is 2.68 bits per heavy atom. The lowest BCUT2D eigenvalue weighted by Crippen LogP contribution is -2.39. The average molecular weight is 499 g/mol. The first-order chi connectivity index (χ1) is 13.3. The minimum Gasteiger partial charge on any atom is -0.496 e. The quantitative estimate of drug-likeness (QED) is 0.315. The summed E-state index contributed by atoms with van der Waals surface area (Å²) in [6, 6.07) is 12.0. The number of benzene rings is 1. The van der Waals surface area contributed by atoms with Crippen LogP contribution in [0.25, 0.3) is 0 Å². The summed E-state index contributed by atoms with van der Waals surface area (Å²) in [4.78, 5) is 4.75.